The number of nitrogens with zero attached hydrogens (tertiary/aromatic N) is 1. The van der Waals surface area contributed by atoms with Crippen LogP contribution in [-0.2, 0) is 4.74 Å². The molecule has 28 heavy (non-hydrogen) atoms. The molecule has 1 atom stereocenters. The van der Waals surface area contributed by atoms with E-state index in [0.717, 1.165) is 30.7 Å². The fraction of sp³-hybridized carbons (Fsp3) is 0.364. The van der Waals surface area contributed by atoms with Crippen LogP contribution in [0.1, 0.15) is 34.3 Å². The molecule has 1 amide bonds. The number of carbonyl (C=O) groups excluding carboxylic acids is 1. The van der Waals surface area contributed by atoms with Gasteiger partial charge in [-0.05, 0) is 56.5 Å². The van der Waals surface area contributed by atoms with Crippen molar-refractivity contribution in [3.63, 3.8) is 0 Å². The Morgan fingerprint density at radius 1 is 1.25 bits per heavy atom. The summed E-state index contributed by atoms with van der Waals surface area (Å²) in [5.74, 6) is 0.797. The van der Waals surface area contributed by atoms with E-state index in [1.807, 2.05) is 26.0 Å². The molecule has 2 aromatic rings. The van der Waals surface area contributed by atoms with Gasteiger partial charge in [0, 0.05) is 17.9 Å². The molecule has 6 nitrogen and oxygen atoms in total. The van der Waals surface area contributed by atoms with Crippen molar-refractivity contribution < 1.29 is 14.3 Å². The summed E-state index contributed by atoms with van der Waals surface area (Å²) in [6, 6.07) is 13.1. The predicted octanol–water partition coefficient (Wildman–Crippen LogP) is 3.69. The van der Waals surface area contributed by atoms with Crippen molar-refractivity contribution >= 4 is 17.6 Å². The maximum Gasteiger partial charge on any atom is 0.258 e. The second-order valence-corrected chi connectivity index (χ2v) is 6.95. The molecule has 6 heteroatoms. The summed E-state index contributed by atoms with van der Waals surface area (Å²) in [5, 5.41) is 6.15. The van der Waals surface area contributed by atoms with E-state index in [4.69, 9.17) is 9.47 Å². The first-order valence-electron chi connectivity index (χ1n) is 9.51. The molecule has 0 radical (unpaired) electrons. The molecule has 1 heterocycles. The Kier molecular flexibility index (Phi) is 6.66. The highest BCUT2D eigenvalue weighted by Gasteiger charge is 2.16. The van der Waals surface area contributed by atoms with Crippen LogP contribution in [-0.4, -0.2) is 38.2 Å². The normalized spacial score (nSPS) is 16.7. The van der Waals surface area contributed by atoms with Crippen molar-refractivity contribution in [2.45, 2.75) is 32.8 Å². The Labute approximate surface area is 166 Å². The standard InChI is InChI=1S/C22H27N3O3/c1-15-9-10-20(16(2)12-15)24-22(23-14-19-8-5-11-28-19)25-21(26)17-6-4-7-18(13-17)27-3/h4,6-7,9-10,12-13,19H,5,8,11,14H2,1-3H3,(H2,23,24,25,26)/t19-/m1/s1. The fourth-order valence-corrected chi connectivity index (χ4v) is 3.12. The third-order valence-corrected chi connectivity index (χ3v) is 4.68. The number of methoxy groups -OCH3 is 1. The molecule has 0 saturated carbocycles. The molecule has 1 aliphatic rings. The number of aryl methyl sites for hydroxylation is 2. The minimum atomic E-state index is -0.248. The van der Waals surface area contributed by atoms with Gasteiger partial charge in [-0.15, -0.1) is 0 Å². The lowest BCUT2D eigenvalue weighted by Crippen LogP contribution is -2.37. The van der Waals surface area contributed by atoms with Crippen molar-refractivity contribution in [1.82, 2.24) is 5.32 Å². The van der Waals surface area contributed by atoms with E-state index in [0.29, 0.717) is 23.8 Å². The lowest BCUT2D eigenvalue weighted by atomic mass is 10.1. The van der Waals surface area contributed by atoms with Gasteiger partial charge in [-0.3, -0.25) is 10.1 Å². The molecular weight excluding hydrogens is 354 g/mol. The molecule has 0 spiro atoms. The first kappa shape index (κ1) is 19.9. The van der Waals surface area contributed by atoms with Crippen LogP contribution in [0.25, 0.3) is 0 Å². The van der Waals surface area contributed by atoms with Crippen LogP contribution in [0.15, 0.2) is 47.5 Å². The quantitative estimate of drug-likeness (QED) is 0.612. The minimum absolute atomic E-state index is 0.102. The fourth-order valence-electron chi connectivity index (χ4n) is 3.12. The number of guanidine groups is 1. The van der Waals surface area contributed by atoms with Gasteiger partial charge in [-0.2, -0.15) is 0 Å². The minimum Gasteiger partial charge on any atom is -0.497 e. The van der Waals surface area contributed by atoms with Crippen LogP contribution in [0.2, 0.25) is 0 Å². The molecule has 0 aromatic heterocycles. The van der Waals surface area contributed by atoms with Crippen LogP contribution >= 0.6 is 0 Å². The van der Waals surface area contributed by atoms with Crippen LogP contribution in [0, 0.1) is 13.8 Å². The first-order chi connectivity index (χ1) is 13.5. The molecule has 0 aliphatic carbocycles. The second kappa shape index (κ2) is 9.37. The molecular formula is C22H27N3O3. The van der Waals surface area contributed by atoms with Gasteiger partial charge >= 0.3 is 0 Å². The van der Waals surface area contributed by atoms with Gasteiger partial charge in [-0.1, -0.05) is 23.8 Å². The number of amides is 1. The highest BCUT2D eigenvalue weighted by atomic mass is 16.5. The van der Waals surface area contributed by atoms with Crippen LogP contribution in [0.5, 0.6) is 5.75 Å². The average molecular weight is 381 g/mol. The zero-order chi connectivity index (χ0) is 19.9. The smallest absolute Gasteiger partial charge is 0.258 e. The van der Waals surface area contributed by atoms with Crippen molar-refractivity contribution in [2.75, 3.05) is 25.6 Å². The van der Waals surface area contributed by atoms with Gasteiger partial charge in [0.2, 0.25) is 5.96 Å². The van der Waals surface area contributed by atoms with E-state index in [9.17, 15) is 4.79 Å². The molecule has 3 rings (SSSR count). The molecule has 1 fully saturated rings. The molecule has 0 bridgehead atoms. The SMILES string of the molecule is COc1cccc(C(=O)NC(=NC[C@H]2CCCO2)Nc2ccc(C)cc2C)c1. The number of nitrogens with one attached hydrogen (secondary N) is 2. The Balaban J connectivity index is 1.78. The van der Waals surface area contributed by atoms with Gasteiger partial charge in [0.25, 0.3) is 5.91 Å². The van der Waals surface area contributed by atoms with E-state index in [2.05, 4.69) is 21.7 Å². The summed E-state index contributed by atoms with van der Waals surface area (Å²) < 4.78 is 10.9. The molecule has 1 saturated heterocycles. The first-order valence-corrected chi connectivity index (χ1v) is 9.51. The summed E-state index contributed by atoms with van der Waals surface area (Å²) in [6.45, 7) is 5.35. The third kappa shape index (κ3) is 5.33. The molecule has 2 N–H and O–H groups in total. The molecule has 0 unspecified atom stereocenters. The van der Waals surface area contributed by atoms with E-state index in [1.165, 1.54) is 5.56 Å². The zero-order valence-corrected chi connectivity index (χ0v) is 16.6. The Morgan fingerprint density at radius 3 is 2.82 bits per heavy atom. The molecule has 1 aliphatic heterocycles. The zero-order valence-electron chi connectivity index (χ0n) is 16.6. The van der Waals surface area contributed by atoms with E-state index >= 15 is 0 Å². The highest BCUT2D eigenvalue weighted by molar-refractivity contribution is 6.10. The lowest BCUT2D eigenvalue weighted by Gasteiger charge is -2.15. The van der Waals surface area contributed by atoms with Crippen molar-refractivity contribution in [3.8, 4) is 5.75 Å². The lowest BCUT2D eigenvalue weighted by molar-refractivity contribution is 0.0975. The summed E-state index contributed by atoms with van der Waals surface area (Å²) in [7, 11) is 1.58. The van der Waals surface area contributed by atoms with Crippen molar-refractivity contribution in [3.05, 3.63) is 59.2 Å². The number of carbonyl (C=O) groups is 1. The maximum atomic E-state index is 12.7. The van der Waals surface area contributed by atoms with Gasteiger partial charge in [0.05, 0.1) is 19.8 Å². The monoisotopic (exact) mass is 381 g/mol. The largest absolute Gasteiger partial charge is 0.497 e. The molecule has 2 aromatic carbocycles. The van der Waals surface area contributed by atoms with Gasteiger partial charge in [0.15, 0.2) is 0 Å². The Morgan fingerprint density at radius 2 is 2.11 bits per heavy atom. The Bertz CT molecular complexity index is 858. The van der Waals surface area contributed by atoms with E-state index in [1.54, 1.807) is 31.4 Å². The number of benzene rings is 2. The van der Waals surface area contributed by atoms with Gasteiger partial charge < -0.3 is 14.8 Å². The van der Waals surface area contributed by atoms with E-state index < -0.39 is 0 Å². The number of ether oxygens (including phenoxy) is 2. The van der Waals surface area contributed by atoms with E-state index in [-0.39, 0.29) is 12.0 Å². The summed E-state index contributed by atoms with van der Waals surface area (Å²) in [4.78, 5) is 17.3. The summed E-state index contributed by atoms with van der Waals surface area (Å²) >= 11 is 0. The van der Waals surface area contributed by atoms with Crippen LogP contribution < -0.4 is 15.4 Å². The summed E-state index contributed by atoms with van der Waals surface area (Å²) in [6.07, 6.45) is 2.14. The second-order valence-electron chi connectivity index (χ2n) is 6.95. The van der Waals surface area contributed by atoms with Gasteiger partial charge in [0.1, 0.15) is 5.75 Å². The van der Waals surface area contributed by atoms with Gasteiger partial charge in [-0.25, -0.2) is 4.99 Å². The number of hydrogen-bond acceptors (Lipinski definition) is 4. The van der Waals surface area contributed by atoms with Crippen molar-refractivity contribution in [1.29, 1.82) is 0 Å². The number of rotatable bonds is 5. The van der Waals surface area contributed by atoms with Crippen LogP contribution in [0.4, 0.5) is 5.69 Å². The molecule has 148 valence electrons. The maximum absolute atomic E-state index is 12.7. The number of anilines is 1. The summed E-state index contributed by atoms with van der Waals surface area (Å²) in [5.41, 5.74) is 3.68. The topological polar surface area (TPSA) is 72.0 Å². The average Bonchev–Trinajstić information content (AvgIpc) is 3.21. The van der Waals surface area contributed by atoms with Crippen molar-refractivity contribution in [2.24, 2.45) is 4.99 Å². The number of hydrogen-bond donors (Lipinski definition) is 2. The number of aliphatic imine (C=N–C) groups is 1. The predicted molar refractivity (Wildman–Crippen MR) is 111 cm³/mol. The third-order valence-electron chi connectivity index (χ3n) is 4.68. The highest BCUT2D eigenvalue weighted by Crippen LogP contribution is 2.17. The van der Waals surface area contributed by atoms with Crippen LogP contribution in [0.3, 0.4) is 0 Å². The Hall–Kier alpha value is -2.86.